The van der Waals surface area contributed by atoms with E-state index in [-0.39, 0.29) is 63.5 Å². The number of hydrogen-bond acceptors (Lipinski definition) is 9. The number of carbonyl (C=O) groups excluding carboxylic acids is 4. The Labute approximate surface area is 219 Å². The summed E-state index contributed by atoms with van der Waals surface area (Å²) in [4.78, 5) is 68.5. The van der Waals surface area contributed by atoms with E-state index in [1.54, 1.807) is 0 Å². The smallest absolute Gasteiger partial charge is 0.326 e. The second kappa shape index (κ2) is 18.1. The highest BCUT2D eigenvalue weighted by molar-refractivity contribution is 5.94. The average Bonchev–Trinajstić information content (AvgIpc) is 2.83. The van der Waals surface area contributed by atoms with Gasteiger partial charge in [-0.2, -0.15) is 0 Å². The Hall–Kier alpha value is -4.19. The number of guanidine groups is 2. The van der Waals surface area contributed by atoms with Gasteiger partial charge in [-0.1, -0.05) is 0 Å². The van der Waals surface area contributed by atoms with Gasteiger partial charge in [0.1, 0.15) is 24.2 Å². The number of nitrogens with zero attached hydrogens (tertiary/aromatic N) is 2. The quantitative estimate of drug-likeness (QED) is 0.0410. The van der Waals surface area contributed by atoms with Crippen LogP contribution in [0.5, 0.6) is 0 Å². The number of primary amides is 1. The monoisotopic (exact) mass is 545 g/mol. The summed E-state index contributed by atoms with van der Waals surface area (Å²) >= 11 is 0. The third kappa shape index (κ3) is 15.0. The second-order valence-electron chi connectivity index (χ2n) is 8.21. The molecule has 0 spiro atoms. The number of amides is 4. The van der Waals surface area contributed by atoms with Crippen LogP contribution in [0, 0.1) is 0 Å². The number of carboxylic acid groups (broad SMARTS) is 1. The fourth-order valence-electron chi connectivity index (χ4n) is 3.00. The highest BCUT2D eigenvalue weighted by Crippen LogP contribution is 2.06. The van der Waals surface area contributed by atoms with Gasteiger partial charge in [0.05, 0.1) is 6.61 Å². The van der Waals surface area contributed by atoms with Crippen molar-refractivity contribution in [2.24, 2.45) is 44.4 Å². The topological polar surface area (TPSA) is 343 Å². The number of nitrogens with one attached hydrogen (secondary N) is 3. The van der Waals surface area contributed by atoms with Gasteiger partial charge in [-0.05, 0) is 32.1 Å². The number of aliphatic carboxylic acids is 1. The maximum atomic E-state index is 13.0. The lowest BCUT2D eigenvalue weighted by Gasteiger charge is -2.25. The lowest BCUT2D eigenvalue weighted by atomic mass is 10.1. The average molecular weight is 546 g/mol. The number of aliphatic hydroxyl groups excluding tert-OH is 1. The molecule has 18 nitrogen and oxygen atoms in total. The van der Waals surface area contributed by atoms with Crippen molar-refractivity contribution in [3.8, 4) is 0 Å². The first-order valence-corrected chi connectivity index (χ1v) is 11.7. The Morgan fingerprint density at radius 3 is 1.53 bits per heavy atom. The van der Waals surface area contributed by atoms with Crippen molar-refractivity contribution in [3.05, 3.63) is 0 Å². The second-order valence-corrected chi connectivity index (χ2v) is 8.21. The minimum Gasteiger partial charge on any atom is -0.480 e. The minimum atomic E-state index is -1.38. The molecule has 18 heteroatoms. The Morgan fingerprint density at radius 1 is 0.684 bits per heavy atom. The van der Waals surface area contributed by atoms with Crippen LogP contribution in [0.25, 0.3) is 0 Å². The Balaban J connectivity index is 5.59. The predicted octanol–water partition coefficient (Wildman–Crippen LogP) is -5.78. The third-order valence-corrected chi connectivity index (χ3v) is 4.98. The van der Waals surface area contributed by atoms with Crippen LogP contribution in [0.1, 0.15) is 38.5 Å². The van der Waals surface area contributed by atoms with Crippen molar-refractivity contribution < 1.29 is 34.2 Å². The lowest BCUT2D eigenvalue weighted by Crippen LogP contribution is -2.57. The fourth-order valence-corrected chi connectivity index (χ4v) is 3.00. The van der Waals surface area contributed by atoms with Gasteiger partial charge in [0.2, 0.25) is 23.6 Å². The van der Waals surface area contributed by atoms with Crippen LogP contribution < -0.4 is 50.4 Å². The molecule has 0 heterocycles. The van der Waals surface area contributed by atoms with Crippen LogP contribution >= 0.6 is 0 Å². The number of aliphatic hydroxyl groups is 1. The molecule has 4 atom stereocenters. The normalized spacial score (nSPS) is 13.6. The molecule has 0 aromatic heterocycles. The SMILES string of the molecule is NC(=O)CCC(NC(=O)C(CCCN=C(N)N)NC(=O)C(N)CO)C(=O)NC(CCCN=C(N)N)C(=O)O. The van der Waals surface area contributed by atoms with Crippen LogP contribution in [0.3, 0.4) is 0 Å². The van der Waals surface area contributed by atoms with Gasteiger partial charge in [0.15, 0.2) is 11.9 Å². The first kappa shape index (κ1) is 33.8. The molecular weight excluding hydrogens is 506 g/mol. The molecule has 0 aromatic rings. The van der Waals surface area contributed by atoms with Crippen LogP contribution in [-0.2, 0) is 24.0 Å². The highest BCUT2D eigenvalue weighted by Gasteiger charge is 2.30. The van der Waals surface area contributed by atoms with E-state index in [1.807, 2.05) is 0 Å². The summed E-state index contributed by atoms with van der Waals surface area (Å²) < 4.78 is 0. The van der Waals surface area contributed by atoms with Crippen molar-refractivity contribution in [3.63, 3.8) is 0 Å². The first-order chi connectivity index (χ1) is 17.8. The van der Waals surface area contributed by atoms with Gasteiger partial charge < -0.3 is 60.6 Å². The number of carboxylic acids is 1. The largest absolute Gasteiger partial charge is 0.480 e. The van der Waals surface area contributed by atoms with Crippen LogP contribution in [0.2, 0.25) is 0 Å². The van der Waals surface area contributed by atoms with Crippen LogP contribution in [-0.4, -0.2) is 95.6 Å². The van der Waals surface area contributed by atoms with Crippen LogP contribution in [0.4, 0.5) is 0 Å². The molecule has 0 fully saturated rings. The van der Waals surface area contributed by atoms with Crippen molar-refractivity contribution >= 4 is 41.5 Å². The van der Waals surface area contributed by atoms with Crippen molar-refractivity contribution in [2.45, 2.75) is 62.7 Å². The van der Waals surface area contributed by atoms with Gasteiger partial charge in [-0.15, -0.1) is 0 Å². The van der Waals surface area contributed by atoms with Gasteiger partial charge in [-0.3, -0.25) is 29.2 Å². The van der Waals surface area contributed by atoms with Gasteiger partial charge in [0.25, 0.3) is 0 Å². The number of aliphatic imine (C=N–C) groups is 2. The molecule has 4 unspecified atom stereocenters. The van der Waals surface area contributed by atoms with Gasteiger partial charge in [-0.25, -0.2) is 4.79 Å². The molecule has 0 saturated heterocycles. The molecular formula is C20H39N11O7. The van der Waals surface area contributed by atoms with Crippen molar-refractivity contribution in [1.82, 2.24) is 16.0 Å². The molecule has 216 valence electrons. The van der Waals surface area contributed by atoms with Crippen molar-refractivity contribution in [2.75, 3.05) is 19.7 Å². The molecule has 38 heavy (non-hydrogen) atoms. The van der Waals surface area contributed by atoms with E-state index in [1.165, 1.54) is 0 Å². The van der Waals surface area contributed by atoms with Gasteiger partial charge >= 0.3 is 5.97 Å². The third-order valence-electron chi connectivity index (χ3n) is 4.98. The maximum absolute atomic E-state index is 13.0. The maximum Gasteiger partial charge on any atom is 0.326 e. The van der Waals surface area contributed by atoms with E-state index in [4.69, 9.17) is 39.5 Å². The van der Waals surface area contributed by atoms with E-state index < -0.39 is 60.4 Å². The Bertz CT molecular complexity index is 873. The lowest BCUT2D eigenvalue weighted by molar-refractivity contribution is -0.142. The molecule has 0 radical (unpaired) electrons. The summed E-state index contributed by atoms with van der Waals surface area (Å²) in [6.45, 7) is -0.432. The zero-order valence-corrected chi connectivity index (χ0v) is 21.0. The molecule has 0 saturated carbocycles. The Kier molecular flexibility index (Phi) is 16.1. The molecule has 0 aliphatic rings. The molecule has 0 aliphatic heterocycles. The fraction of sp³-hybridized carbons (Fsp3) is 0.650. The zero-order chi connectivity index (χ0) is 29.3. The molecule has 0 aromatic carbocycles. The summed E-state index contributed by atoms with van der Waals surface area (Å²) in [5.41, 5.74) is 31.7. The van der Waals surface area contributed by atoms with E-state index in [2.05, 4.69) is 25.9 Å². The standard InChI is InChI=1S/C20H39N11O7/c21-10(9-32)15(34)29-11(3-1-7-27-19(23)24)16(35)30-12(5-6-14(22)33)17(36)31-13(18(37)38)4-2-8-28-20(25)26/h10-13,32H,1-9,21H2,(H2,22,33)(H,29,34)(H,30,35)(H,31,36)(H,37,38)(H4,23,24,27)(H4,25,26,28). The van der Waals surface area contributed by atoms with Crippen molar-refractivity contribution in [1.29, 1.82) is 0 Å². The van der Waals surface area contributed by atoms with E-state index in [9.17, 15) is 29.1 Å². The molecule has 4 amide bonds. The predicted molar refractivity (Wildman–Crippen MR) is 137 cm³/mol. The molecule has 0 rings (SSSR count). The molecule has 0 bridgehead atoms. The van der Waals surface area contributed by atoms with Crippen LogP contribution in [0.15, 0.2) is 9.98 Å². The van der Waals surface area contributed by atoms with Gasteiger partial charge in [0, 0.05) is 19.5 Å². The van der Waals surface area contributed by atoms with E-state index >= 15 is 0 Å². The molecule has 0 aliphatic carbocycles. The van der Waals surface area contributed by atoms with E-state index in [0.717, 1.165) is 0 Å². The summed E-state index contributed by atoms with van der Waals surface area (Å²) in [6.07, 6.45) is -0.117. The van der Waals surface area contributed by atoms with E-state index in [0.29, 0.717) is 0 Å². The summed E-state index contributed by atoms with van der Waals surface area (Å²) in [5.74, 6) is -5.02. The number of carbonyl (C=O) groups is 5. The number of nitrogens with two attached hydrogens (primary N) is 6. The summed E-state index contributed by atoms with van der Waals surface area (Å²) in [5, 5.41) is 25.6. The number of hydrogen-bond donors (Lipinski definition) is 11. The minimum absolute atomic E-state index is 0.0131. The zero-order valence-electron chi connectivity index (χ0n) is 21.0. The highest BCUT2D eigenvalue weighted by atomic mass is 16.4. The Morgan fingerprint density at radius 2 is 1.11 bits per heavy atom. The molecule has 17 N–H and O–H groups in total. The number of rotatable bonds is 19. The summed E-state index contributed by atoms with van der Waals surface area (Å²) in [7, 11) is 0. The summed E-state index contributed by atoms with van der Waals surface area (Å²) in [6, 6.07) is -5.26. The first-order valence-electron chi connectivity index (χ1n) is 11.7.